The number of nitrogens with zero attached hydrogens (tertiary/aromatic N) is 2. The maximum absolute atomic E-state index is 13.7. The molecule has 2 fully saturated rings. The predicted octanol–water partition coefficient (Wildman–Crippen LogP) is 1.63. The SMILES string of the molecule is Cc1ccccc1C1NC(CCCNC(N)=O)(C(=O)O)C2C(=O)N(c3cccc([N+](=O)[O-])c3)C(=O)C12. The first-order valence-corrected chi connectivity index (χ1v) is 11.3. The summed E-state index contributed by atoms with van der Waals surface area (Å²) in [5, 5.41) is 27.2. The lowest BCUT2D eigenvalue weighted by atomic mass is 9.76. The number of benzene rings is 2. The lowest BCUT2D eigenvalue weighted by Gasteiger charge is -2.31. The molecule has 2 heterocycles. The largest absolute Gasteiger partial charge is 0.480 e. The molecule has 0 aromatic heterocycles. The first-order valence-electron chi connectivity index (χ1n) is 11.3. The van der Waals surface area contributed by atoms with E-state index < -0.39 is 52.2 Å². The number of hydrogen-bond acceptors (Lipinski definition) is 7. The first kappa shape index (κ1) is 24.8. The summed E-state index contributed by atoms with van der Waals surface area (Å²) in [5.41, 5.74) is 4.46. The van der Waals surface area contributed by atoms with Crippen molar-refractivity contribution < 1.29 is 29.2 Å². The van der Waals surface area contributed by atoms with E-state index in [1.165, 1.54) is 18.2 Å². The number of rotatable bonds is 8. The van der Waals surface area contributed by atoms with Crippen LogP contribution in [-0.2, 0) is 14.4 Å². The minimum Gasteiger partial charge on any atom is -0.480 e. The van der Waals surface area contributed by atoms with Crippen LogP contribution in [0, 0.1) is 28.9 Å². The molecule has 0 spiro atoms. The van der Waals surface area contributed by atoms with Gasteiger partial charge in [0.1, 0.15) is 5.54 Å². The standard InChI is InChI=1S/C24H25N5O7/c1-13-6-2-3-9-16(13)19-17-18(24(27-19,22(32)33)10-5-11-26-23(25)34)21(31)28(20(17)30)14-7-4-8-15(12-14)29(35)36/h2-4,6-9,12,17-19,27H,5,10-11H2,1H3,(H,32,33)(H3,25,26,34). The Morgan fingerprint density at radius 1 is 1.19 bits per heavy atom. The molecule has 4 amide bonds. The van der Waals surface area contributed by atoms with Crippen LogP contribution in [0.2, 0.25) is 0 Å². The number of anilines is 1. The molecule has 188 valence electrons. The van der Waals surface area contributed by atoms with Gasteiger partial charge in [-0.3, -0.25) is 29.8 Å². The van der Waals surface area contributed by atoms with Crippen LogP contribution in [-0.4, -0.2) is 45.9 Å². The second-order valence-corrected chi connectivity index (χ2v) is 8.94. The van der Waals surface area contributed by atoms with Crippen LogP contribution in [0.25, 0.3) is 0 Å². The minimum absolute atomic E-state index is 0.00631. The Morgan fingerprint density at radius 3 is 2.56 bits per heavy atom. The van der Waals surface area contributed by atoms with Gasteiger partial charge in [-0.2, -0.15) is 0 Å². The number of fused-ring (bicyclic) bond motifs is 1. The zero-order chi connectivity index (χ0) is 26.2. The Kier molecular flexibility index (Phi) is 6.46. The third-order valence-electron chi connectivity index (χ3n) is 6.91. The number of carbonyl (C=O) groups excluding carboxylic acids is 3. The molecule has 36 heavy (non-hydrogen) atoms. The second kappa shape index (κ2) is 9.38. The third-order valence-corrected chi connectivity index (χ3v) is 6.91. The number of carboxylic acid groups (broad SMARTS) is 1. The number of imide groups is 1. The topological polar surface area (TPSA) is 185 Å². The maximum atomic E-state index is 13.7. The van der Waals surface area contributed by atoms with Crippen LogP contribution in [0.15, 0.2) is 48.5 Å². The fourth-order valence-electron chi connectivity index (χ4n) is 5.32. The molecule has 2 aliphatic heterocycles. The highest BCUT2D eigenvalue weighted by molar-refractivity contribution is 6.24. The van der Waals surface area contributed by atoms with E-state index in [9.17, 15) is 34.4 Å². The molecule has 5 N–H and O–H groups in total. The van der Waals surface area contributed by atoms with E-state index in [1.807, 2.05) is 19.1 Å². The number of nitro groups is 1. The van der Waals surface area contributed by atoms with Crippen LogP contribution >= 0.6 is 0 Å². The number of aryl methyl sites for hydroxylation is 1. The Hall–Kier alpha value is -4.32. The number of carboxylic acids is 1. The van der Waals surface area contributed by atoms with Crippen molar-refractivity contribution in [2.75, 3.05) is 11.4 Å². The van der Waals surface area contributed by atoms with Crippen LogP contribution in [0.5, 0.6) is 0 Å². The van der Waals surface area contributed by atoms with E-state index in [4.69, 9.17) is 5.73 Å². The van der Waals surface area contributed by atoms with Gasteiger partial charge in [0.05, 0.1) is 22.4 Å². The van der Waals surface area contributed by atoms with Crippen molar-refractivity contribution >= 4 is 35.2 Å². The summed E-state index contributed by atoms with van der Waals surface area (Å²) < 4.78 is 0. The average Bonchev–Trinajstić information content (AvgIpc) is 3.31. The molecule has 4 rings (SSSR count). The van der Waals surface area contributed by atoms with Gasteiger partial charge in [0.25, 0.3) is 5.69 Å². The number of urea groups is 1. The van der Waals surface area contributed by atoms with Gasteiger partial charge in [-0.15, -0.1) is 0 Å². The third kappa shape index (κ3) is 4.05. The fraction of sp³-hybridized carbons (Fsp3) is 0.333. The van der Waals surface area contributed by atoms with Crippen molar-refractivity contribution in [3.05, 3.63) is 69.8 Å². The smallest absolute Gasteiger partial charge is 0.324 e. The average molecular weight is 495 g/mol. The zero-order valence-corrected chi connectivity index (χ0v) is 19.3. The van der Waals surface area contributed by atoms with E-state index in [0.29, 0.717) is 5.56 Å². The van der Waals surface area contributed by atoms with Crippen molar-refractivity contribution in [2.24, 2.45) is 17.6 Å². The van der Waals surface area contributed by atoms with Gasteiger partial charge in [-0.1, -0.05) is 30.3 Å². The van der Waals surface area contributed by atoms with Gasteiger partial charge in [0, 0.05) is 24.7 Å². The van der Waals surface area contributed by atoms with E-state index in [1.54, 1.807) is 12.1 Å². The van der Waals surface area contributed by atoms with Gasteiger partial charge >= 0.3 is 12.0 Å². The molecule has 0 bridgehead atoms. The summed E-state index contributed by atoms with van der Waals surface area (Å²) in [4.78, 5) is 62.8. The highest BCUT2D eigenvalue weighted by atomic mass is 16.6. The number of nitrogens with one attached hydrogen (secondary N) is 2. The lowest BCUT2D eigenvalue weighted by Crippen LogP contribution is -2.56. The van der Waals surface area contributed by atoms with E-state index >= 15 is 0 Å². The lowest BCUT2D eigenvalue weighted by molar-refractivity contribution is -0.384. The molecule has 2 aromatic carbocycles. The molecule has 2 aliphatic rings. The number of carbonyl (C=O) groups is 4. The van der Waals surface area contributed by atoms with Gasteiger partial charge in [0.2, 0.25) is 11.8 Å². The Bertz CT molecular complexity index is 1260. The monoisotopic (exact) mass is 495 g/mol. The molecule has 4 atom stereocenters. The van der Waals surface area contributed by atoms with Crippen molar-refractivity contribution in [1.82, 2.24) is 10.6 Å². The molecular formula is C24H25N5O7. The number of aliphatic carboxylic acids is 1. The molecular weight excluding hydrogens is 470 g/mol. The molecule has 2 aromatic rings. The molecule has 4 unspecified atom stereocenters. The zero-order valence-electron chi connectivity index (χ0n) is 19.3. The molecule has 12 nitrogen and oxygen atoms in total. The van der Waals surface area contributed by atoms with Crippen molar-refractivity contribution in [3.63, 3.8) is 0 Å². The van der Waals surface area contributed by atoms with Gasteiger partial charge in [-0.05, 0) is 37.0 Å². The first-order chi connectivity index (χ1) is 17.1. The summed E-state index contributed by atoms with van der Waals surface area (Å²) >= 11 is 0. The Balaban J connectivity index is 1.81. The fourth-order valence-corrected chi connectivity index (χ4v) is 5.32. The van der Waals surface area contributed by atoms with E-state index in [0.717, 1.165) is 16.5 Å². The summed E-state index contributed by atoms with van der Waals surface area (Å²) in [6, 6.07) is 10.7. The molecule has 12 heteroatoms. The molecule has 0 radical (unpaired) electrons. The highest BCUT2D eigenvalue weighted by Gasteiger charge is 2.68. The van der Waals surface area contributed by atoms with Crippen LogP contribution in [0.4, 0.5) is 16.2 Å². The Morgan fingerprint density at radius 2 is 1.92 bits per heavy atom. The molecule has 0 saturated carbocycles. The summed E-state index contributed by atoms with van der Waals surface area (Å²) in [6.07, 6.45) is 0.0954. The number of primary amides is 1. The van der Waals surface area contributed by atoms with Crippen molar-refractivity contribution in [2.45, 2.75) is 31.3 Å². The maximum Gasteiger partial charge on any atom is 0.324 e. The number of nitrogens with two attached hydrogens (primary N) is 1. The van der Waals surface area contributed by atoms with Gasteiger partial charge < -0.3 is 16.2 Å². The van der Waals surface area contributed by atoms with Crippen molar-refractivity contribution in [3.8, 4) is 0 Å². The second-order valence-electron chi connectivity index (χ2n) is 8.94. The molecule has 0 aliphatic carbocycles. The van der Waals surface area contributed by atoms with E-state index in [2.05, 4.69) is 10.6 Å². The minimum atomic E-state index is -1.82. The van der Waals surface area contributed by atoms with Crippen LogP contribution in [0.3, 0.4) is 0 Å². The summed E-state index contributed by atoms with van der Waals surface area (Å²) in [7, 11) is 0. The number of amides is 4. The normalized spacial score (nSPS) is 25.0. The van der Waals surface area contributed by atoms with Crippen LogP contribution in [0.1, 0.15) is 30.0 Å². The van der Waals surface area contributed by atoms with Gasteiger partial charge in [-0.25, -0.2) is 9.69 Å². The number of non-ortho nitro benzene ring substituents is 1. The summed E-state index contributed by atoms with van der Waals surface area (Å²) in [5.74, 6) is -5.03. The highest BCUT2D eigenvalue weighted by Crippen LogP contribution is 2.51. The van der Waals surface area contributed by atoms with Crippen LogP contribution < -0.4 is 21.3 Å². The predicted molar refractivity (Wildman–Crippen MR) is 127 cm³/mol. The summed E-state index contributed by atoms with van der Waals surface area (Å²) in [6.45, 7) is 1.90. The van der Waals surface area contributed by atoms with Gasteiger partial charge in [0.15, 0.2) is 0 Å². The number of hydrogen-bond donors (Lipinski definition) is 4. The Labute approximate surface area is 205 Å². The van der Waals surface area contributed by atoms with Crippen molar-refractivity contribution in [1.29, 1.82) is 0 Å². The quantitative estimate of drug-likeness (QED) is 0.184. The molecule has 2 saturated heterocycles. The number of nitro benzene ring substituents is 1. The van der Waals surface area contributed by atoms with E-state index in [-0.39, 0.29) is 30.8 Å².